The normalized spacial score (nSPS) is 26.9. The molecule has 5 rings (SSSR count). The maximum Gasteiger partial charge on any atom is 0.230 e. The molecule has 3 aromatic rings. The van der Waals surface area contributed by atoms with Gasteiger partial charge >= 0.3 is 0 Å². The van der Waals surface area contributed by atoms with E-state index < -0.39 is 0 Å². The average Bonchev–Trinajstić information content (AvgIpc) is 3.22. The highest BCUT2D eigenvalue weighted by Gasteiger charge is 2.57. The van der Waals surface area contributed by atoms with Crippen LogP contribution in [0.1, 0.15) is 48.2 Å². The van der Waals surface area contributed by atoms with E-state index in [2.05, 4.69) is 79.6 Å². The van der Waals surface area contributed by atoms with Crippen LogP contribution in [0.15, 0.2) is 59.1 Å². The number of aryl methyl sites for hydroxylation is 1. The van der Waals surface area contributed by atoms with E-state index in [1.807, 2.05) is 6.07 Å². The fraction of sp³-hybridized carbons (Fsp3) is 0.440. The van der Waals surface area contributed by atoms with Crippen LogP contribution in [0.4, 0.5) is 0 Å². The Bertz CT molecular complexity index is 980. The molecule has 4 heteroatoms. The van der Waals surface area contributed by atoms with Gasteiger partial charge in [-0.15, -0.1) is 0 Å². The summed E-state index contributed by atoms with van der Waals surface area (Å²) in [4.78, 5) is 7.17. The van der Waals surface area contributed by atoms with Crippen LogP contribution in [0, 0.1) is 24.7 Å². The predicted octanol–water partition coefficient (Wildman–Crippen LogP) is 5.48. The van der Waals surface area contributed by atoms with Gasteiger partial charge < -0.3 is 9.42 Å². The molecule has 1 heterocycles. The molecule has 2 aliphatic rings. The topological polar surface area (TPSA) is 42.2 Å². The van der Waals surface area contributed by atoms with Gasteiger partial charge in [-0.1, -0.05) is 59.3 Å². The molecule has 0 spiro atoms. The summed E-state index contributed by atoms with van der Waals surface area (Å²) in [5, 5.41) is 4.28. The molecule has 2 aliphatic carbocycles. The van der Waals surface area contributed by atoms with Crippen LogP contribution >= 0.6 is 0 Å². The van der Waals surface area contributed by atoms with Crippen LogP contribution in [0.25, 0.3) is 11.4 Å². The van der Waals surface area contributed by atoms with E-state index in [9.17, 15) is 0 Å². The molecule has 1 aromatic heterocycles. The van der Waals surface area contributed by atoms with Crippen molar-refractivity contribution in [1.29, 1.82) is 0 Å². The molecule has 0 bridgehead atoms. The van der Waals surface area contributed by atoms with Gasteiger partial charge in [0.15, 0.2) is 0 Å². The predicted molar refractivity (Wildman–Crippen MR) is 114 cm³/mol. The van der Waals surface area contributed by atoms with Gasteiger partial charge in [-0.2, -0.15) is 4.98 Å². The molecular formula is C25H29N3O. The smallest absolute Gasteiger partial charge is 0.230 e. The summed E-state index contributed by atoms with van der Waals surface area (Å²) >= 11 is 0. The van der Waals surface area contributed by atoms with Crippen molar-refractivity contribution < 1.29 is 4.52 Å². The summed E-state index contributed by atoms with van der Waals surface area (Å²) in [5.41, 5.74) is 3.68. The van der Waals surface area contributed by atoms with Crippen LogP contribution in [0.3, 0.4) is 0 Å². The third-order valence-corrected chi connectivity index (χ3v) is 6.92. The van der Waals surface area contributed by atoms with Gasteiger partial charge in [-0.25, -0.2) is 0 Å². The van der Waals surface area contributed by atoms with E-state index in [-0.39, 0.29) is 0 Å². The van der Waals surface area contributed by atoms with E-state index in [0.29, 0.717) is 23.8 Å². The van der Waals surface area contributed by atoms with Crippen LogP contribution in [-0.4, -0.2) is 29.1 Å². The zero-order valence-corrected chi connectivity index (χ0v) is 17.5. The number of fused-ring (bicyclic) bond motifs is 1. The second-order valence-electron chi connectivity index (χ2n) is 9.07. The van der Waals surface area contributed by atoms with Crippen LogP contribution in [-0.2, 0) is 0 Å². The Morgan fingerprint density at radius 1 is 1.00 bits per heavy atom. The standard InChI is InChI=1S/C25H29N3O/c1-16-8-7-11-19(14-16)24-26-25(29-27-24)22-20-13-12-18(15-21(20)22)23(28(2)3)17-9-5-4-6-10-17/h4-11,14,18,20-23H,12-13,15H2,1-3H3. The van der Waals surface area contributed by atoms with Crippen molar-refractivity contribution in [2.75, 3.05) is 14.1 Å². The summed E-state index contributed by atoms with van der Waals surface area (Å²) in [6, 6.07) is 19.7. The summed E-state index contributed by atoms with van der Waals surface area (Å²) in [6.07, 6.45) is 3.78. The molecule has 29 heavy (non-hydrogen) atoms. The second kappa shape index (κ2) is 7.42. The first-order chi connectivity index (χ1) is 14.1. The SMILES string of the molecule is Cc1cccc(-c2noc(C3C4CCC(C(c5ccccc5)N(C)C)CC43)n2)c1. The molecule has 2 fully saturated rings. The zero-order valence-electron chi connectivity index (χ0n) is 17.5. The number of hydrogen-bond acceptors (Lipinski definition) is 4. The lowest BCUT2D eigenvalue weighted by Crippen LogP contribution is -2.29. The van der Waals surface area contributed by atoms with Gasteiger partial charge in [0.1, 0.15) is 0 Å². The molecular weight excluding hydrogens is 358 g/mol. The number of rotatable bonds is 5. The Morgan fingerprint density at radius 3 is 2.59 bits per heavy atom. The molecule has 4 nitrogen and oxygen atoms in total. The van der Waals surface area contributed by atoms with Crippen LogP contribution < -0.4 is 0 Å². The Kier molecular flexibility index (Phi) is 4.75. The van der Waals surface area contributed by atoms with Crippen molar-refractivity contribution in [2.45, 2.75) is 38.1 Å². The summed E-state index contributed by atoms with van der Waals surface area (Å²) in [5.74, 6) is 4.10. The minimum Gasteiger partial charge on any atom is -0.339 e. The number of nitrogens with zero attached hydrogens (tertiary/aromatic N) is 3. The molecule has 150 valence electrons. The highest BCUT2D eigenvalue weighted by Crippen LogP contribution is 2.63. The minimum absolute atomic E-state index is 0.449. The third kappa shape index (κ3) is 3.51. The molecule has 5 unspecified atom stereocenters. The van der Waals surface area contributed by atoms with E-state index >= 15 is 0 Å². The fourth-order valence-electron chi connectivity index (χ4n) is 5.60. The molecule has 2 aromatic carbocycles. The summed E-state index contributed by atoms with van der Waals surface area (Å²) < 4.78 is 5.73. The van der Waals surface area contributed by atoms with Crippen LogP contribution in [0.5, 0.6) is 0 Å². The summed E-state index contributed by atoms with van der Waals surface area (Å²) in [6.45, 7) is 2.09. The maximum atomic E-state index is 5.73. The third-order valence-electron chi connectivity index (χ3n) is 6.92. The molecule has 0 N–H and O–H groups in total. The van der Waals surface area contributed by atoms with Gasteiger partial charge in [0.25, 0.3) is 0 Å². The minimum atomic E-state index is 0.449. The van der Waals surface area contributed by atoms with Crippen molar-refractivity contribution in [1.82, 2.24) is 15.0 Å². The van der Waals surface area contributed by atoms with Gasteiger partial charge in [-0.05, 0) is 69.7 Å². The first kappa shape index (κ1) is 18.6. The van der Waals surface area contributed by atoms with Gasteiger partial charge in [0.05, 0.1) is 0 Å². The largest absolute Gasteiger partial charge is 0.339 e. The lowest BCUT2D eigenvalue weighted by Gasteiger charge is -2.35. The van der Waals surface area contributed by atoms with Crippen LogP contribution in [0.2, 0.25) is 0 Å². The second-order valence-corrected chi connectivity index (χ2v) is 9.07. The lowest BCUT2D eigenvalue weighted by atomic mass is 9.80. The number of aromatic nitrogens is 2. The lowest BCUT2D eigenvalue weighted by molar-refractivity contribution is 0.166. The Morgan fingerprint density at radius 2 is 1.83 bits per heavy atom. The Balaban J connectivity index is 1.32. The molecule has 5 atom stereocenters. The van der Waals surface area contributed by atoms with Crippen molar-refractivity contribution in [3.8, 4) is 11.4 Å². The first-order valence-corrected chi connectivity index (χ1v) is 10.7. The number of benzene rings is 2. The highest BCUT2D eigenvalue weighted by atomic mass is 16.5. The van der Waals surface area contributed by atoms with E-state index in [4.69, 9.17) is 9.51 Å². The maximum absolute atomic E-state index is 5.73. The fourth-order valence-corrected chi connectivity index (χ4v) is 5.60. The first-order valence-electron chi connectivity index (χ1n) is 10.7. The van der Waals surface area contributed by atoms with Crippen molar-refractivity contribution >= 4 is 0 Å². The molecule has 0 saturated heterocycles. The molecule has 0 aliphatic heterocycles. The van der Waals surface area contributed by atoms with E-state index in [1.54, 1.807) is 0 Å². The zero-order chi connectivity index (χ0) is 20.0. The monoisotopic (exact) mass is 387 g/mol. The molecule has 0 radical (unpaired) electrons. The van der Waals surface area contributed by atoms with E-state index in [0.717, 1.165) is 23.2 Å². The van der Waals surface area contributed by atoms with Crippen molar-refractivity contribution in [3.63, 3.8) is 0 Å². The van der Waals surface area contributed by atoms with Crippen molar-refractivity contribution in [3.05, 3.63) is 71.6 Å². The Hall–Kier alpha value is -2.46. The van der Waals surface area contributed by atoms with Crippen molar-refractivity contribution in [2.24, 2.45) is 17.8 Å². The van der Waals surface area contributed by atoms with Gasteiger partial charge in [0, 0.05) is 17.5 Å². The molecule has 0 amide bonds. The van der Waals surface area contributed by atoms with Gasteiger partial charge in [-0.3, -0.25) is 0 Å². The van der Waals surface area contributed by atoms with Gasteiger partial charge in [0.2, 0.25) is 11.7 Å². The summed E-state index contributed by atoms with van der Waals surface area (Å²) in [7, 11) is 4.42. The highest BCUT2D eigenvalue weighted by molar-refractivity contribution is 5.55. The van der Waals surface area contributed by atoms with E-state index in [1.165, 1.54) is 30.4 Å². The Labute approximate surface area is 172 Å². The average molecular weight is 388 g/mol. The quantitative estimate of drug-likeness (QED) is 0.581. The number of hydrogen-bond donors (Lipinski definition) is 0. The molecule has 2 saturated carbocycles.